The second kappa shape index (κ2) is 13.8. The topological polar surface area (TPSA) is 147 Å². The smallest absolute Gasteiger partial charge is 0.475 e. The molecule has 0 unspecified atom stereocenters. The highest BCUT2D eigenvalue weighted by Crippen LogP contribution is 2.31. The Morgan fingerprint density at radius 3 is 2.02 bits per heavy atom. The van der Waals surface area contributed by atoms with Crippen LogP contribution in [0.2, 0.25) is 0 Å². The fourth-order valence-electron chi connectivity index (χ4n) is 4.42. The normalized spacial score (nSPS) is 16.6. The SMILES string of the molecule is CC(C)c1nn(-c2noc(C3CCN(CC4CNC4)CC3)n2)c2c(F)c(F)ccc12.O=C(O)C(F)(F)F.O=C(O)C(F)(F)F. The number of fused-ring (bicyclic) bond motifs is 1. The van der Waals surface area contributed by atoms with E-state index >= 15 is 0 Å². The average molecular weight is 645 g/mol. The number of nitrogens with zero attached hydrogens (tertiary/aromatic N) is 5. The quantitative estimate of drug-likeness (QED) is 0.340. The molecule has 44 heavy (non-hydrogen) atoms. The molecule has 3 N–H and O–H groups in total. The van der Waals surface area contributed by atoms with Crippen molar-refractivity contribution < 1.29 is 59.4 Å². The van der Waals surface area contributed by atoms with Crippen LogP contribution in [0.3, 0.4) is 0 Å². The maximum absolute atomic E-state index is 14.6. The third kappa shape index (κ3) is 8.61. The number of alkyl halides is 6. The van der Waals surface area contributed by atoms with Crippen molar-refractivity contribution in [1.82, 2.24) is 30.1 Å². The van der Waals surface area contributed by atoms with Gasteiger partial charge in [-0.15, -0.1) is 0 Å². The van der Waals surface area contributed by atoms with Crippen molar-refractivity contribution in [3.63, 3.8) is 0 Å². The van der Waals surface area contributed by atoms with Crippen molar-refractivity contribution in [2.45, 2.75) is 50.9 Å². The van der Waals surface area contributed by atoms with E-state index in [2.05, 4.69) is 25.5 Å². The number of hydrogen-bond donors (Lipinski definition) is 3. The molecule has 3 aromatic rings. The predicted octanol–water partition coefficient (Wildman–Crippen LogP) is 4.48. The fourth-order valence-corrected chi connectivity index (χ4v) is 4.42. The first kappa shape index (κ1) is 34.6. The summed E-state index contributed by atoms with van der Waals surface area (Å²) >= 11 is 0. The zero-order valence-electron chi connectivity index (χ0n) is 23.2. The Hall–Kier alpha value is -3.87. The number of carboxylic acids is 2. The van der Waals surface area contributed by atoms with Crippen LogP contribution in [-0.4, -0.2) is 92.0 Å². The lowest BCUT2D eigenvalue weighted by molar-refractivity contribution is -0.193. The van der Waals surface area contributed by atoms with Crippen molar-refractivity contribution in [2.75, 3.05) is 32.7 Å². The molecule has 244 valence electrons. The molecule has 0 radical (unpaired) electrons. The number of rotatable bonds is 5. The van der Waals surface area contributed by atoms with Gasteiger partial charge < -0.3 is 25.0 Å². The molecule has 0 spiro atoms. The van der Waals surface area contributed by atoms with E-state index in [1.807, 2.05) is 13.8 Å². The van der Waals surface area contributed by atoms with Crippen LogP contribution in [0.5, 0.6) is 0 Å². The summed E-state index contributed by atoms with van der Waals surface area (Å²) in [7, 11) is 0. The van der Waals surface area contributed by atoms with E-state index in [0.717, 1.165) is 57.5 Å². The van der Waals surface area contributed by atoms with Gasteiger partial charge in [0.05, 0.1) is 5.69 Å². The molecular weight excluding hydrogens is 616 g/mol. The predicted molar refractivity (Wildman–Crippen MR) is 135 cm³/mol. The van der Waals surface area contributed by atoms with Crippen LogP contribution in [0.4, 0.5) is 35.1 Å². The van der Waals surface area contributed by atoms with Gasteiger partial charge in [-0.1, -0.05) is 13.8 Å². The number of nitrogens with one attached hydrogen (secondary N) is 1. The number of hydrogen-bond acceptors (Lipinski definition) is 8. The molecule has 1 aromatic carbocycles. The van der Waals surface area contributed by atoms with Gasteiger partial charge >= 0.3 is 24.3 Å². The van der Waals surface area contributed by atoms with Crippen LogP contribution in [0, 0.1) is 17.6 Å². The van der Waals surface area contributed by atoms with Crippen molar-refractivity contribution in [1.29, 1.82) is 0 Å². The Balaban J connectivity index is 0.000000317. The second-order valence-electron chi connectivity index (χ2n) is 10.3. The van der Waals surface area contributed by atoms with Crippen LogP contribution in [0.1, 0.15) is 50.1 Å². The summed E-state index contributed by atoms with van der Waals surface area (Å²) in [6, 6.07) is 2.69. The molecule has 0 bridgehead atoms. The van der Waals surface area contributed by atoms with Crippen LogP contribution in [0.15, 0.2) is 16.7 Å². The number of piperidine rings is 1. The van der Waals surface area contributed by atoms with Gasteiger partial charge in [-0.2, -0.15) is 41.1 Å². The molecule has 19 heteroatoms. The van der Waals surface area contributed by atoms with Gasteiger partial charge in [0.2, 0.25) is 5.89 Å². The van der Waals surface area contributed by atoms with E-state index < -0.39 is 35.9 Å². The largest absolute Gasteiger partial charge is 0.490 e. The molecule has 2 aliphatic heterocycles. The van der Waals surface area contributed by atoms with Crippen LogP contribution < -0.4 is 5.32 Å². The Morgan fingerprint density at radius 2 is 1.57 bits per heavy atom. The Kier molecular flexibility index (Phi) is 10.9. The lowest BCUT2D eigenvalue weighted by Crippen LogP contribution is -2.49. The second-order valence-corrected chi connectivity index (χ2v) is 10.3. The first-order chi connectivity index (χ1) is 20.4. The van der Waals surface area contributed by atoms with Gasteiger partial charge in [-0.05, 0) is 55.1 Å². The van der Waals surface area contributed by atoms with E-state index in [1.165, 1.54) is 4.68 Å². The van der Waals surface area contributed by atoms with Gasteiger partial charge in [-0.3, -0.25) is 0 Å². The summed E-state index contributed by atoms with van der Waals surface area (Å²) < 4.78 is 98.8. The highest BCUT2D eigenvalue weighted by Gasteiger charge is 2.39. The Morgan fingerprint density at radius 1 is 1.02 bits per heavy atom. The van der Waals surface area contributed by atoms with Crippen molar-refractivity contribution in [3.05, 3.63) is 35.4 Å². The molecule has 0 saturated carbocycles. The molecule has 0 amide bonds. The highest BCUT2D eigenvalue weighted by atomic mass is 19.4. The molecule has 0 aliphatic carbocycles. The van der Waals surface area contributed by atoms with Crippen LogP contribution in [-0.2, 0) is 9.59 Å². The molecule has 2 aromatic heterocycles. The van der Waals surface area contributed by atoms with Gasteiger partial charge in [0, 0.05) is 30.9 Å². The third-order valence-electron chi connectivity index (χ3n) is 6.74. The first-order valence-corrected chi connectivity index (χ1v) is 13.1. The van der Waals surface area contributed by atoms with Gasteiger partial charge in [-0.25, -0.2) is 18.4 Å². The minimum atomic E-state index is -5.08. The van der Waals surface area contributed by atoms with Crippen molar-refractivity contribution in [3.8, 4) is 5.95 Å². The average Bonchev–Trinajstić information content (AvgIpc) is 3.54. The zero-order chi connectivity index (χ0) is 33.0. The minimum Gasteiger partial charge on any atom is -0.475 e. The van der Waals surface area contributed by atoms with E-state index in [1.54, 1.807) is 6.07 Å². The number of carboxylic acid groups (broad SMARTS) is 2. The first-order valence-electron chi connectivity index (χ1n) is 13.1. The van der Waals surface area contributed by atoms with Crippen LogP contribution in [0.25, 0.3) is 16.9 Å². The molecule has 0 atom stereocenters. The van der Waals surface area contributed by atoms with Gasteiger partial charge in [0.15, 0.2) is 11.6 Å². The summed E-state index contributed by atoms with van der Waals surface area (Å²) in [5.41, 5.74) is 0.726. The summed E-state index contributed by atoms with van der Waals surface area (Å²) in [6.07, 6.45) is -8.27. The lowest BCUT2D eigenvalue weighted by atomic mass is 9.95. The third-order valence-corrected chi connectivity index (χ3v) is 6.74. The standard InChI is InChI=1S/C21H26F2N6O.2C2HF3O2/c1-12(2)18-15-3-4-16(22)17(23)19(15)29(26-18)21-25-20(30-27-21)14-5-7-28(8-6-14)11-13-9-24-10-13;2*3-2(4,5)1(6)7/h3-4,12-14,24H,5-11H2,1-2H3;2*(H,6,7). The molecule has 2 aliphatic rings. The van der Waals surface area contributed by atoms with Gasteiger partial charge in [0.1, 0.15) is 5.52 Å². The van der Waals surface area contributed by atoms with Crippen LogP contribution >= 0.6 is 0 Å². The molecule has 2 saturated heterocycles. The Labute approximate surface area is 243 Å². The number of halogens is 8. The molecular formula is C25H28F8N6O5. The number of aromatic nitrogens is 4. The van der Waals surface area contributed by atoms with Crippen molar-refractivity contribution in [2.24, 2.45) is 5.92 Å². The number of carbonyl (C=O) groups is 2. The lowest BCUT2D eigenvalue weighted by Gasteiger charge is -2.36. The highest BCUT2D eigenvalue weighted by molar-refractivity contribution is 5.84. The number of likely N-dealkylation sites (tertiary alicyclic amines) is 1. The summed E-state index contributed by atoms with van der Waals surface area (Å²) in [4.78, 5) is 24.8. The van der Waals surface area contributed by atoms with E-state index in [9.17, 15) is 35.1 Å². The number of benzene rings is 1. The van der Waals surface area contributed by atoms with E-state index in [4.69, 9.17) is 24.3 Å². The monoisotopic (exact) mass is 644 g/mol. The van der Waals surface area contributed by atoms with Gasteiger partial charge in [0.25, 0.3) is 5.95 Å². The number of aliphatic carboxylic acids is 2. The van der Waals surface area contributed by atoms with E-state index in [0.29, 0.717) is 17.0 Å². The molecule has 2 fully saturated rings. The molecule has 5 rings (SSSR count). The molecule has 11 nitrogen and oxygen atoms in total. The fraction of sp³-hybridized carbons (Fsp3) is 0.560. The molecule has 4 heterocycles. The maximum atomic E-state index is 14.6. The maximum Gasteiger partial charge on any atom is 0.490 e. The summed E-state index contributed by atoms with van der Waals surface area (Å²) in [5, 5.41) is 26.7. The zero-order valence-corrected chi connectivity index (χ0v) is 23.2. The summed E-state index contributed by atoms with van der Waals surface area (Å²) in [5.74, 6) is -5.71. The van der Waals surface area contributed by atoms with Crippen molar-refractivity contribution >= 4 is 22.8 Å². The Bertz CT molecular complexity index is 1420. The minimum absolute atomic E-state index is 0.0418. The van der Waals surface area contributed by atoms with E-state index in [-0.39, 0.29) is 23.3 Å². The summed E-state index contributed by atoms with van der Waals surface area (Å²) in [6.45, 7) is 9.28.